The third-order valence-corrected chi connectivity index (χ3v) is 3.49. The van der Waals surface area contributed by atoms with Gasteiger partial charge in [0.25, 0.3) is 0 Å². The molecule has 1 N–H and O–H groups in total. The zero-order valence-corrected chi connectivity index (χ0v) is 12.0. The van der Waals surface area contributed by atoms with E-state index in [1.165, 1.54) is 6.07 Å². The fraction of sp³-hybridized carbons (Fsp3) is 0.143. The van der Waals surface area contributed by atoms with Crippen LogP contribution < -0.4 is 5.32 Å². The van der Waals surface area contributed by atoms with Gasteiger partial charge in [-0.05, 0) is 35.9 Å². The molecule has 0 radical (unpaired) electrons. The molecule has 0 saturated carbocycles. The Balaban J connectivity index is 2.15. The van der Waals surface area contributed by atoms with Crippen molar-refractivity contribution in [2.45, 2.75) is 12.7 Å². The molecule has 2 aromatic rings. The van der Waals surface area contributed by atoms with Crippen LogP contribution in [0.15, 0.2) is 36.4 Å². The molecule has 7 heteroatoms. The number of halogens is 6. The lowest BCUT2D eigenvalue weighted by atomic mass is 10.1. The minimum atomic E-state index is -4.73. The molecule has 112 valence electrons. The molecule has 0 aliphatic carbocycles. The first-order chi connectivity index (χ1) is 9.77. The van der Waals surface area contributed by atoms with Gasteiger partial charge in [-0.25, -0.2) is 4.39 Å². The highest BCUT2D eigenvalue weighted by molar-refractivity contribution is 6.42. The maximum Gasteiger partial charge on any atom is 0.419 e. The van der Waals surface area contributed by atoms with Crippen LogP contribution in [0, 0.1) is 5.82 Å². The van der Waals surface area contributed by atoms with E-state index in [1.54, 1.807) is 18.2 Å². The molecule has 0 spiro atoms. The fourth-order valence-electron chi connectivity index (χ4n) is 1.71. The molecule has 0 aliphatic heterocycles. The van der Waals surface area contributed by atoms with Crippen LogP contribution in [-0.4, -0.2) is 0 Å². The highest BCUT2D eigenvalue weighted by atomic mass is 35.5. The Kier molecular flexibility index (Phi) is 4.64. The number of hydrogen-bond acceptors (Lipinski definition) is 1. The Morgan fingerprint density at radius 3 is 2.29 bits per heavy atom. The summed E-state index contributed by atoms with van der Waals surface area (Å²) < 4.78 is 50.9. The molecule has 0 unspecified atom stereocenters. The van der Waals surface area contributed by atoms with Gasteiger partial charge in [-0.3, -0.25) is 0 Å². The molecular formula is C14H9Cl2F4N. The third kappa shape index (κ3) is 4.02. The first-order valence-corrected chi connectivity index (χ1v) is 6.57. The maximum absolute atomic E-state index is 13.1. The normalized spacial score (nSPS) is 11.5. The number of rotatable bonds is 3. The van der Waals surface area contributed by atoms with Gasteiger partial charge < -0.3 is 5.32 Å². The minimum absolute atomic E-state index is 0.162. The average molecular weight is 338 g/mol. The Morgan fingerprint density at radius 2 is 1.67 bits per heavy atom. The van der Waals surface area contributed by atoms with Crippen molar-refractivity contribution >= 4 is 28.9 Å². The molecule has 2 aromatic carbocycles. The zero-order chi connectivity index (χ0) is 15.6. The summed E-state index contributed by atoms with van der Waals surface area (Å²) in [4.78, 5) is 0. The van der Waals surface area contributed by atoms with Crippen LogP contribution in [-0.2, 0) is 12.7 Å². The SMILES string of the molecule is Fc1ccc(NCc2ccc(Cl)c(Cl)c2)cc1C(F)(F)F. The summed E-state index contributed by atoms with van der Waals surface area (Å²) in [7, 11) is 0. The molecule has 0 bridgehead atoms. The second kappa shape index (κ2) is 6.12. The van der Waals surface area contributed by atoms with Crippen molar-refractivity contribution in [2.75, 3.05) is 5.32 Å². The first-order valence-electron chi connectivity index (χ1n) is 5.82. The van der Waals surface area contributed by atoms with Gasteiger partial charge in [-0.2, -0.15) is 13.2 Å². The Bertz CT molecular complexity index is 656. The quantitative estimate of drug-likeness (QED) is 0.701. The summed E-state index contributed by atoms with van der Waals surface area (Å²) in [6, 6.07) is 7.63. The standard InChI is InChI=1S/C14H9Cl2F4N/c15-11-3-1-8(5-12(11)16)7-21-9-2-4-13(17)10(6-9)14(18,19)20/h1-6,21H,7H2. The Morgan fingerprint density at radius 1 is 0.952 bits per heavy atom. The van der Waals surface area contributed by atoms with E-state index in [2.05, 4.69) is 5.32 Å². The largest absolute Gasteiger partial charge is 0.419 e. The number of benzene rings is 2. The third-order valence-electron chi connectivity index (χ3n) is 2.75. The van der Waals surface area contributed by atoms with Gasteiger partial charge in [0.2, 0.25) is 0 Å². The monoisotopic (exact) mass is 337 g/mol. The summed E-state index contributed by atoms with van der Waals surface area (Å²) in [6.07, 6.45) is -4.73. The summed E-state index contributed by atoms with van der Waals surface area (Å²) in [5.41, 5.74) is -0.404. The van der Waals surface area contributed by atoms with Gasteiger partial charge in [0.05, 0.1) is 15.6 Å². The number of hydrogen-bond donors (Lipinski definition) is 1. The molecule has 1 nitrogen and oxygen atoms in total. The van der Waals surface area contributed by atoms with Gasteiger partial charge >= 0.3 is 6.18 Å². The van der Waals surface area contributed by atoms with E-state index < -0.39 is 17.6 Å². The second-order valence-electron chi connectivity index (χ2n) is 4.29. The minimum Gasteiger partial charge on any atom is -0.381 e. The van der Waals surface area contributed by atoms with E-state index in [-0.39, 0.29) is 12.2 Å². The second-order valence-corrected chi connectivity index (χ2v) is 5.11. The maximum atomic E-state index is 13.1. The number of nitrogens with one attached hydrogen (secondary N) is 1. The topological polar surface area (TPSA) is 12.0 Å². The van der Waals surface area contributed by atoms with Crippen LogP contribution in [0.25, 0.3) is 0 Å². The lowest BCUT2D eigenvalue weighted by Crippen LogP contribution is -2.09. The van der Waals surface area contributed by atoms with E-state index in [0.717, 1.165) is 17.7 Å². The molecular weight excluding hydrogens is 329 g/mol. The van der Waals surface area contributed by atoms with Crippen molar-refractivity contribution in [3.05, 3.63) is 63.4 Å². The van der Waals surface area contributed by atoms with E-state index in [4.69, 9.17) is 23.2 Å². The molecule has 0 amide bonds. The van der Waals surface area contributed by atoms with Crippen LogP contribution in [0.3, 0.4) is 0 Å². The van der Waals surface area contributed by atoms with Gasteiger partial charge in [0.15, 0.2) is 0 Å². The Labute approximate surface area is 128 Å². The lowest BCUT2D eigenvalue weighted by Gasteiger charge is -2.12. The van der Waals surface area contributed by atoms with Crippen molar-refractivity contribution in [3.63, 3.8) is 0 Å². The molecule has 0 heterocycles. The highest BCUT2D eigenvalue weighted by Gasteiger charge is 2.34. The van der Waals surface area contributed by atoms with Crippen LogP contribution >= 0.6 is 23.2 Å². The zero-order valence-electron chi connectivity index (χ0n) is 10.4. The van der Waals surface area contributed by atoms with Crippen molar-refractivity contribution in [3.8, 4) is 0 Å². The van der Waals surface area contributed by atoms with Gasteiger partial charge in [-0.1, -0.05) is 29.3 Å². The average Bonchev–Trinajstić information content (AvgIpc) is 2.40. The lowest BCUT2D eigenvalue weighted by molar-refractivity contribution is -0.139. The van der Waals surface area contributed by atoms with Crippen molar-refractivity contribution in [1.29, 1.82) is 0 Å². The Hall–Kier alpha value is -1.46. The highest BCUT2D eigenvalue weighted by Crippen LogP contribution is 2.33. The summed E-state index contributed by atoms with van der Waals surface area (Å²) >= 11 is 11.6. The predicted molar refractivity (Wildman–Crippen MR) is 75.2 cm³/mol. The van der Waals surface area contributed by atoms with Crippen LogP contribution in [0.4, 0.5) is 23.2 Å². The van der Waals surface area contributed by atoms with E-state index >= 15 is 0 Å². The van der Waals surface area contributed by atoms with E-state index in [0.29, 0.717) is 10.0 Å². The van der Waals surface area contributed by atoms with Crippen LogP contribution in [0.2, 0.25) is 10.0 Å². The molecule has 2 rings (SSSR count). The smallest absolute Gasteiger partial charge is 0.381 e. The van der Waals surface area contributed by atoms with Gasteiger partial charge in [0.1, 0.15) is 5.82 Å². The van der Waals surface area contributed by atoms with E-state index in [9.17, 15) is 17.6 Å². The molecule has 0 atom stereocenters. The summed E-state index contributed by atoms with van der Waals surface area (Å²) in [5.74, 6) is -1.30. The molecule has 0 saturated heterocycles. The van der Waals surface area contributed by atoms with Crippen molar-refractivity contribution in [2.24, 2.45) is 0 Å². The summed E-state index contributed by atoms with van der Waals surface area (Å²) in [5, 5.41) is 3.52. The first kappa shape index (κ1) is 15.9. The van der Waals surface area contributed by atoms with E-state index in [1.807, 2.05) is 0 Å². The molecule has 0 aromatic heterocycles. The molecule has 0 aliphatic rings. The molecule has 21 heavy (non-hydrogen) atoms. The number of alkyl halides is 3. The van der Waals surface area contributed by atoms with Crippen molar-refractivity contribution in [1.82, 2.24) is 0 Å². The van der Waals surface area contributed by atoms with Gasteiger partial charge in [0, 0.05) is 12.2 Å². The fourth-order valence-corrected chi connectivity index (χ4v) is 2.03. The van der Waals surface area contributed by atoms with Crippen molar-refractivity contribution < 1.29 is 17.6 Å². The summed E-state index contributed by atoms with van der Waals surface area (Å²) in [6.45, 7) is 0.236. The molecule has 0 fully saturated rings. The van der Waals surface area contributed by atoms with Crippen LogP contribution in [0.1, 0.15) is 11.1 Å². The van der Waals surface area contributed by atoms with Gasteiger partial charge in [-0.15, -0.1) is 0 Å². The number of anilines is 1. The predicted octanol–water partition coefficient (Wildman–Crippen LogP) is 5.76. The van der Waals surface area contributed by atoms with Crippen LogP contribution in [0.5, 0.6) is 0 Å².